The quantitative estimate of drug-likeness (QED) is 0.570. The van der Waals surface area contributed by atoms with E-state index in [0.717, 1.165) is 26.1 Å². The number of hydrogen-bond donors (Lipinski definition) is 3. The average Bonchev–Trinajstić information content (AvgIpc) is 2.62. The summed E-state index contributed by atoms with van der Waals surface area (Å²) in [5, 5.41) is 5.22. The molecule has 0 aromatic heterocycles. The summed E-state index contributed by atoms with van der Waals surface area (Å²) in [5.41, 5.74) is 4.85. The molecule has 0 spiro atoms. The average molecular weight is 228 g/mol. The molecule has 3 amide bonds. The third-order valence-corrected chi connectivity index (χ3v) is 2.78. The van der Waals surface area contributed by atoms with Crippen LogP contribution in [-0.2, 0) is 4.79 Å². The van der Waals surface area contributed by atoms with E-state index in [1.807, 2.05) is 7.05 Å². The lowest BCUT2D eigenvalue weighted by molar-refractivity contribution is -0.120. The first-order valence-electron chi connectivity index (χ1n) is 5.58. The highest BCUT2D eigenvalue weighted by molar-refractivity contribution is 5.93. The molecule has 1 heterocycles. The van der Waals surface area contributed by atoms with E-state index in [1.54, 1.807) is 0 Å². The number of likely N-dealkylation sites (tertiary alicyclic amines) is 1. The molecule has 92 valence electrons. The number of urea groups is 1. The van der Waals surface area contributed by atoms with Crippen molar-refractivity contribution in [2.75, 3.05) is 33.2 Å². The standard InChI is InChI=1S/C10H20N4O2/c1-12-6-8-2-4-14(7-8)5-3-9(15)13-10(11)16/h8,12H,2-7H2,1H3,(H3,11,13,15,16). The van der Waals surface area contributed by atoms with E-state index in [-0.39, 0.29) is 5.91 Å². The molecule has 1 unspecified atom stereocenters. The van der Waals surface area contributed by atoms with Crippen LogP contribution in [0.25, 0.3) is 0 Å². The molecule has 1 rings (SSSR count). The molecule has 4 N–H and O–H groups in total. The fourth-order valence-corrected chi connectivity index (χ4v) is 2.03. The van der Waals surface area contributed by atoms with E-state index >= 15 is 0 Å². The molecular formula is C10H20N4O2. The predicted octanol–water partition coefficient (Wildman–Crippen LogP) is -0.887. The zero-order valence-electron chi connectivity index (χ0n) is 9.66. The van der Waals surface area contributed by atoms with Gasteiger partial charge >= 0.3 is 6.03 Å². The van der Waals surface area contributed by atoms with Crippen LogP contribution in [0, 0.1) is 5.92 Å². The molecule has 0 saturated carbocycles. The number of nitrogens with two attached hydrogens (primary N) is 1. The van der Waals surface area contributed by atoms with Gasteiger partial charge in [-0.15, -0.1) is 0 Å². The maximum Gasteiger partial charge on any atom is 0.318 e. The van der Waals surface area contributed by atoms with Crippen molar-refractivity contribution >= 4 is 11.9 Å². The largest absolute Gasteiger partial charge is 0.351 e. The van der Waals surface area contributed by atoms with Crippen LogP contribution in [0.3, 0.4) is 0 Å². The Balaban J connectivity index is 2.15. The second-order valence-corrected chi connectivity index (χ2v) is 4.18. The van der Waals surface area contributed by atoms with Crippen molar-refractivity contribution in [1.82, 2.24) is 15.5 Å². The van der Waals surface area contributed by atoms with E-state index in [0.29, 0.717) is 18.9 Å². The lowest BCUT2D eigenvalue weighted by Crippen LogP contribution is -2.37. The Morgan fingerprint density at radius 3 is 2.88 bits per heavy atom. The number of rotatable bonds is 5. The summed E-state index contributed by atoms with van der Waals surface area (Å²) in [4.78, 5) is 23.8. The second kappa shape index (κ2) is 6.44. The summed E-state index contributed by atoms with van der Waals surface area (Å²) in [6.45, 7) is 3.75. The number of nitrogens with zero attached hydrogens (tertiary/aromatic N) is 1. The van der Waals surface area contributed by atoms with Gasteiger partial charge in [-0.3, -0.25) is 10.1 Å². The van der Waals surface area contributed by atoms with E-state index < -0.39 is 6.03 Å². The zero-order chi connectivity index (χ0) is 12.0. The summed E-state index contributed by atoms with van der Waals surface area (Å²) < 4.78 is 0. The van der Waals surface area contributed by atoms with Crippen LogP contribution in [0.15, 0.2) is 0 Å². The molecule has 16 heavy (non-hydrogen) atoms. The topological polar surface area (TPSA) is 87.5 Å². The van der Waals surface area contributed by atoms with Gasteiger partial charge in [-0.05, 0) is 32.5 Å². The van der Waals surface area contributed by atoms with Crippen LogP contribution in [0.5, 0.6) is 0 Å². The molecule has 1 fully saturated rings. The van der Waals surface area contributed by atoms with Crippen molar-refractivity contribution in [3.8, 4) is 0 Å². The number of carbonyl (C=O) groups is 2. The fourth-order valence-electron chi connectivity index (χ4n) is 2.03. The highest BCUT2D eigenvalue weighted by Gasteiger charge is 2.21. The van der Waals surface area contributed by atoms with E-state index in [4.69, 9.17) is 5.73 Å². The van der Waals surface area contributed by atoms with Gasteiger partial charge in [-0.2, -0.15) is 0 Å². The Labute approximate surface area is 95.5 Å². The molecule has 1 atom stereocenters. The third kappa shape index (κ3) is 4.59. The fraction of sp³-hybridized carbons (Fsp3) is 0.800. The minimum atomic E-state index is -0.778. The van der Waals surface area contributed by atoms with Crippen LogP contribution in [0.1, 0.15) is 12.8 Å². The van der Waals surface area contributed by atoms with Crippen molar-refractivity contribution < 1.29 is 9.59 Å². The molecule has 0 radical (unpaired) electrons. The molecule has 6 nitrogen and oxygen atoms in total. The number of nitrogens with one attached hydrogen (secondary N) is 2. The number of imide groups is 1. The van der Waals surface area contributed by atoms with Crippen LogP contribution in [0.2, 0.25) is 0 Å². The number of primary amides is 1. The summed E-state index contributed by atoms with van der Waals surface area (Å²) in [6.07, 6.45) is 1.49. The zero-order valence-corrected chi connectivity index (χ0v) is 9.66. The van der Waals surface area contributed by atoms with Crippen molar-refractivity contribution in [3.63, 3.8) is 0 Å². The summed E-state index contributed by atoms with van der Waals surface area (Å²) in [6, 6.07) is -0.778. The Morgan fingerprint density at radius 2 is 2.25 bits per heavy atom. The number of amides is 3. The normalized spacial score (nSPS) is 20.9. The molecule has 0 aliphatic carbocycles. The van der Waals surface area contributed by atoms with Crippen LogP contribution in [0.4, 0.5) is 4.79 Å². The molecule has 1 aliphatic heterocycles. The molecule has 6 heteroatoms. The van der Waals surface area contributed by atoms with Crippen molar-refractivity contribution in [2.24, 2.45) is 11.7 Å². The molecule has 0 bridgehead atoms. The third-order valence-electron chi connectivity index (χ3n) is 2.78. The minimum absolute atomic E-state index is 0.301. The van der Waals surface area contributed by atoms with Crippen LogP contribution in [-0.4, -0.2) is 50.1 Å². The lowest BCUT2D eigenvalue weighted by Gasteiger charge is -2.15. The smallest absolute Gasteiger partial charge is 0.318 e. The Bertz CT molecular complexity index is 257. The minimum Gasteiger partial charge on any atom is -0.351 e. The second-order valence-electron chi connectivity index (χ2n) is 4.18. The van der Waals surface area contributed by atoms with Gasteiger partial charge in [0.25, 0.3) is 0 Å². The Hall–Kier alpha value is -1.14. The van der Waals surface area contributed by atoms with Crippen molar-refractivity contribution in [2.45, 2.75) is 12.8 Å². The maximum absolute atomic E-state index is 11.2. The first kappa shape index (κ1) is 12.9. The number of carbonyl (C=O) groups excluding carboxylic acids is 2. The summed E-state index contributed by atoms with van der Waals surface area (Å²) in [7, 11) is 1.95. The summed E-state index contributed by atoms with van der Waals surface area (Å²) in [5.74, 6) is 0.369. The monoisotopic (exact) mass is 228 g/mol. The molecule has 1 aliphatic rings. The van der Waals surface area contributed by atoms with E-state index in [9.17, 15) is 9.59 Å². The Morgan fingerprint density at radius 1 is 1.50 bits per heavy atom. The van der Waals surface area contributed by atoms with Gasteiger partial charge in [0.1, 0.15) is 0 Å². The van der Waals surface area contributed by atoms with Gasteiger partial charge in [-0.1, -0.05) is 0 Å². The molecule has 0 aromatic rings. The van der Waals surface area contributed by atoms with Crippen molar-refractivity contribution in [1.29, 1.82) is 0 Å². The maximum atomic E-state index is 11.2. The highest BCUT2D eigenvalue weighted by atomic mass is 16.2. The number of hydrogen-bond acceptors (Lipinski definition) is 4. The van der Waals surface area contributed by atoms with Gasteiger partial charge < -0.3 is 16.0 Å². The summed E-state index contributed by atoms with van der Waals surface area (Å²) >= 11 is 0. The van der Waals surface area contributed by atoms with Crippen LogP contribution >= 0.6 is 0 Å². The van der Waals surface area contributed by atoms with Crippen LogP contribution < -0.4 is 16.4 Å². The van der Waals surface area contributed by atoms with Crippen molar-refractivity contribution in [3.05, 3.63) is 0 Å². The first-order valence-corrected chi connectivity index (χ1v) is 5.58. The predicted molar refractivity (Wildman–Crippen MR) is 60.8 cm³/mol. The van der Waals surface area contributed by atoms with E-state index in [1.165, 1.54) is 0 Å². The molecule has 0 aromatic carbocycles. The SMILES string of the molecule is CNCC1CCN(CCC(=O)NC(N)=O)C1. The molecule has 1 saturated heterocycles. The lowest BCUT2D eigenvalue weighted by atomic mass is 10.1. The van der Waals surface area contributed by atoms with Gasteiger partial charge in [0.05, 0.1) is 0 Å². The Kier molecular flexibility index (Phi) is 5.21. The van der Waals surface area contributed by atoms with E-state index in [2.05, 4.69) is 15.5 Å². The van der Waals surface area contributed by atoms with Gasteiger partial charge in [0.2, 0.25) is 5.91 Å². The first-order chi connectivity index (χ1) is 7.61. The molecular weight excluding hydrogens is 208 g/mol. The highest BCUT2D eigenvalue weighted by Crippen LogP contribution is 2.15. The van der Waals surface area contributed by atoms with Gasteiger partial charge in [0, 0.05) is 19.5 Å². The van der Waals surface area contributed by atoms with Gasteiger partial charge in [0.15, 0.2) is 0 Å². The van der Waals surface area contributed by atoms with Gasteiger partial charge in [-0.25, -0.2) is 4.79 Å².